The fraction of sp³-hybridized carbons (Fsp3) is 0.526. The lowest BCUT2D eigenvalue weighted by Crippen LogP contribution is -2.41. The maximum absolute atomic E-state index is 12.2. The molecule has 0 amide bonds. The van der Waals surface area contributed by atoms with Gasteiger partial charge in [-0.05, 0) is 43.5 Å². The molecule has 4 heteroatoms. The van der Waals surface area contributed by atoms with Gasteiger partial charge < -0.3 is 15.0 Å². The number of aromatic nitrogens is 1. The highest BCUT2D eigenvalue weighted by Gasteiger charge is 2.26. The van der Waals surface area contributed by atoms with Gasteiger partial charge >= 0.3 is 0 Å². The summed E-state index contributed by atoms with van der Waals surface area (Å²) < 4.78 is 0. The first-order valence-electron chi connectivity index (χ1n) is 8.44. The van der Waals surface area contributed by atoms with Crippen LogP contribution in [0.25, 0.3) is 10.8 Å². The summed E-state index contributed by atoms with van der Waals surface area (Å²) in [6.07, 6.45) is 2.10. The molecule has 1 aromatic heterocycles. The first-order chi connectivity index (χ1) is 11.0. The molecule has 4 nitrogen and oxygen atoms in total. The number of rotatable bonds is 4. The summed E-state index contributed by atoms with van der Waals surface area (Å²) in [4.78, 5) is 17.7. The number of hydrogen-bond acceptors (Lipinski definition) is 3. The average molecular weight is 314 g/mol. The minimum Gasteiger partial charge on any atom is -0.396 e. The van der Waals surface area contributed by atoms with E-state index in [0.29, 0.717) is 5.92 Å². The highest BCUT2D eigenvalue weighted by atomic mass is 16.3. The van der Waals surface area contributed by atoms with Gasteiger partial charge in [-0.15, -0.1) is 0 Å². The number of fused-ring (bicyclic) bond motifs is 1. The van der Waals surface area contributed by atoms with Gasteiger partial charge in [-0.3, -0.25) is 4.79 Å². The predicted molar refractivity (Wildman–Crippen MR) is 93.9 cm³/mol. The van der Waals surface area contributed by atoms with Crippen LogP contribution in [-0.2, 0) is 0 Å². The quantitative estimate of drug-likeness (QED) is 0.912. The third-order valence-corrected chi connectivity index (χ3v) is 4.88. The van der Waals surface area contributed by atoms with Crippen molar-refractivity contribution in [3.8, 4) is 0 Å². The number of benzene rings is 1. The topological polar surface area (TPSA) is 56.3 Å². The summed E-state index contributed by atoms with van der Waals surface area (Å²) in [5, 5.41) is 11.2. The average Bonchev–Trinajstić information content (AvgIpc) is 2.55. The zero-order chi connectivity index (χ0) is 16.4. The molecule has 23 heavy (non-hydrogen) atoms. The van der Waals surface area contributed by atoms with E-state index in [0.717, 1.165) is 48.9 Å². The number of H-pyrrole nitrogens is 1. The Hall–Kier alpha value is -1.65. The fourth-order valence-corrected chi connectivity index (χ4v) is 3.51. The molecule has 1 aliphatic rings. The number of nitrogens with zero attached hydrogens (tertiary/aromatic N) is 1. The molecule has 0 atom stereocenters. The summed E-state index contributed by atoms with van der Waals surface area (Å²) >= 11 is 0. The Bertz CT molecular complexity index is 727. The Kier molecular flexibility index (Phi) is 4.55. The van der Waals surface area contributed by atoms with E-state index in [-0.39, 0.29) is 17.6 Å². The van der Waals surface area contributed by atoms with Crippen LogP contribution in [0, 0.1) is 5.41 Å². The van der Waals surface area contributed by atoms with Gasteiger partial charge in [0, 0.05) is 35.6 Å². The molecule has 0 unspecified atom stereocenters. The lowest BCUT2D eigenvalue weighted by atomic mass is 9.89. The van der Waals surface area contributed by atoms with Crippen molar-refractivity contribution in [3.05, 3.63) is 46.4 Å². The molecule has 1 saturated heterocycles. The molecule has 3 rings (SSSR count). The second kappa shape index (κ2) is 6.46. The Morgan fingerprint density at radius 2 is 1.96 bits per heavy atom. The van der Waals surface area contributed by atoms with Crippen molar-refractivity contribution in [1.82, 2.24) is 9.88 Å². The number of hydrogen-bond donors (Lipinski definition) is 2. The Morgan fingerprint density at radius 1 is 1.26 bits per heavy atom. The van der Waals surface area contributed by atoms with Crippen LogP contribution in [0.5, 0.6) is 0 Å². The van der Waals surface area contributed by atoms with Crippen LogP contribution >= 0.6 is 0 Å². The van der Waals surface area contributed by atoms with Crippen LogP contribution in [-0.4, -0.2) is 41.2 Å². The van der Waals surface area contributed by atoms with E-state index in [1.807, 2.05) is 24.3 Å². The van der Waals surface area contributed by atoms with E-state index >= 15 is 0 Å². The van der Waals surface area contributed by atoms with Gasteiger partial charge in [0.25, 0.3) is 5.56 Å². The van der Waals surface area contributed by atoms with Crippen LogP contribution in [0.4, 0.5) is 0 Å². The lowest BCUT2D eigenvalue weighted by molar-refractivity contribution is 0.0883. The highest BCUT2D eigenvalue weighted by molar-refractivity contribution is 5.81. The molecule has 0 bridgehead atoms. The van der Waals surface area contributed by atoms with E-state index in [9.17, 15) is 9.90 Å². The maximum atomic E-state index is 12.2. The van der Waals surface area contributed by atoms with Crippen molar-refractivity contribution in [3.63, 3.8) is 0 Å². The molecular weight excluding hydrogens is 288 g/mol. The van der Waals surface area contributed by atoms with Crippen LogP contribution in [0.15, 0.2) is 35.1 Å². The van der Waals surface area contributed by atoms with Crippen LogP contribution < -0.4 is 5.56 Å². The molecule has 2 N–H and O–H groups in total. The number of aromatic amines is 1. The molecule has 2 heterocycles. The van der Waals surface area contributed by atoms with Gasteiger partial charge in [-0.25, -0.2) is 0 Å². The normalized spacial score (nSPS) is 17.7. The standard InChI is InChI=1S/C19H26N2O2/c1-19(2,13-22)12-21-9-7-14(8-10-21)17-11-15-5-3-4-6-16(15)18(23)20-17/h3-6,11,14,22H,7-10,12-13H2,1-2H3,(H,20,23). The summed E-state index contributed by atoms with van der Waals surface area (Å²) in [5.74, 6) is 0.417. The van der Waals surface area contributed by atoms with Gasteiger partial charge in [-0.2, -0.15) is 0 Å². The number of likely N-dealkylation sites (tertiary alicyclic amines) is 1. The van der Waals surface area contributed by atoms with Crippen LogP contribution in [0.2, 0.25) is 0 Å². The second-order valence-corrected chi connectivity index (χ2v) is 7.51. The zero-order valence-electron chi connectivity index (χ0n) is 14.0. The number of aliphatic hydroxyl groups excluding tert-OH is 1. The number of nitrogens with one attached hydrogen (secondary N) is 1. The smallest absolute Gasteiger partial charge is 0.256 e. The highest BCUT2D eigenvalue weighted by Crippen LogP contribution is 2.29. The van der Waals surface area contributed by atoms with E-state index in [2.05, 4.69) is 29.8 Å². The van der Waals surface area contributed by atoms with Crippen molar-refractivity contribution in [1.29, 1.82) is 0 Å². The number of aliphatic hydroxyl groups is 1. The van der Waals surface area contributed by atoms with Gasteiger partial charge in [0.15, 0.2) is 0 Å². The van der Waals surface area contributed by atoms with E-state index < -0.39 is 0 Å². The van der Waals surface area contributed by atoms with Crippen molar-refractivity contribution < 1.29 is 5.11 Å². The summed E-state index contributed by atoms with van der Waals surface area (Å²) in [7, 11) is 0. The lowest BCUT2D eigenvalue weighted by Gasteiger charge is -2.36. The van der Waals surface area contributed by atoms with Gasteiger partial charge in [0.1, 0.15) is 0 Å². The van der Waals surface area contributed by atoms with Crippen molar-refractivity contribution in [2.24, 2.45) is 5.41 Å². The minimum atomic E-state index is -0.0515. The summed E-state index contributed by atoms with van der Waals surface area (Å²) in [5.41, 5.74) is 1.03. The molecule has 1 aromatic carbocycles. The third-order valence-electron chi connectivity index (χ3n) is 4.88. The fourth-order valence-electron chi connectivity index (χ4n) is 3.51. The van der Waals surface area contributed by atoms with Gasteiger partial charge in [-0.1, -0.05) is 32.0 Å². The molecule has 1 aliphatic heterocycles. The maximum Gasteiger partial charge on any atom is 0.256 e. The molecule has 0 saturated carbocycles. The second-order valence-electron chi connectivity index (χ2n) is 7.51. The third kappa shape index (κ3) is 3.65. The minimum absolute atomic E-state index is 0.0157. The molecule has 124 valence electrons. The first kappa shape index (κ1) is 16.2. The van der Waals surface area contributed by atoms with Crippen molar-refractivity contribution in [2.45, 2.75) is 32.6 Å². The largest absolute Gasteiger partial charge is 0.396 e. The van der Waals surface area contributed by atoms with Crippen molar-refractivity contribution >= 4 is 10.8 Å². The van der Waals surface area contributed by atoms with E-state index in [4.69, 9.17) is 0 Å². The molecule has 1 fully saturated rings. The Morgan fingerprint density at radius 3 is 2.65 bits per heavy atom. The number of piperidine rings is 1. The van der Waals surface area contributed by atoms with Crippen molar-refractivity contribution in [2.75, 3.05) is 26.2 Å². The SMILES string of the molecule is CC(C)(CO)CN1CCC(c2cc3ccccc3c(=O)[nH]2)CC1. The van der Waals surface area contributed by atoms with Gasteiger partial charge in [0.2, 0.25) is 0 Å². The molecular formula is C19H26N2O2. The first-order valence-corrected chi connectivity index (χ1v) is 8.44. The molecule has 0 aliphatic carbocycles. The van der Waals surface area contributed by atoms with E-state index in [1.165, 1.54) is 0 Å². The van der Waals surface area contributed by atoms with Crippen LogP contribution in [0.3, 0.4) is 0 Å². The molecule has 2 aromatic rings. The van der Waals surface area contributed by atoms with Crippen LogP contribution in [0.1, 0.15) is 38.3 Å². The Labute approximate surface area is 137 Å². The van der Waals surface area contributed by atoms with Gasteiger partial charge in [0.05, 0.1) is 0 Å². The Balaban J connectivity index is 1.72. The molecule has 0 radical (unpaired) electrons. The predicted octanol–water partition coefficient (Wildman–Crippen LogP) is 2.73. The summed E-state index contributed by atoms with van der Waals surface area (Å²) in [6.45, 7) is 7.36. The zero-order valence-corrected chi connectivity index (χ0v) is 14.0. The monoisotopic (exact) mass is 314 g/mol. The van der Waals surface area contributed by atoms with E-state index in [1.54, 1.807) is 0 Å². The summed E-state index contributed by atoms with van der Waals surface area (Å²) in [6, 6.07) is 9.89. The number of pyridine rings is 1. The molecule has 0 spiro atoms.